The first-order chi connectivity index (χ1) is 13.0. The van der Waals surface area contributed by atoms with Crippen LogP contribution < -0.4 is 10.1 Å². The second-order valence-corrected chi connectivity index (χ2v) is 7.19. The third kappa shape index (κ3) is 4.49. The van der Waals surface area contributed by atoms with Crippen LogP contribution in [-0.2, 0) is 11.8 Å². The van der Waals surface area contributed by atoms with Gasteiger partial charge in [0, 0.05) is 18.3 Å². The van der Waals surface area contributed by atoms with Crippen molar-refractivity contribution in [2.45, 2.75) is 19.0 Å². The molecule has 27 heavy (non-hydrogen) atoms. The number of hydrogen-bond donors (Lipinski definition) is 1. The highest BCUT2D eigenvalue weighted by molar-refractivity contribution is 7.99. The molecule has 0 aliphatic rings. The molecule has 0 radical (unpaired) electrons. The molecule has 0 unspecified atom stereocenters. The van der Waals surface area contributed by atoms with Crippen molar-refractivity contribution >= 4 is 23.4 Å². The van der Waals surface area contributed by atoms with E-state index in [1.807, 2.05) is 67.9 Å². The highest BCUT2D eigenvalue weighted by Gasteiger charge is 2.14. The summed E-state index contributed by atoms with van der Waals surface area (Å²) in [6.45, 7) is 3.98. The van der Waals surface area contributed by atoms with Crippen LogP contribution in [-0.4, -0.2) is 33.5 Å². The molecule has 1 N–H and O–H groups in total. The maximum atomic E-state index is 12.3. The van der Waals surface area contributed by atoms with Crippen LogP contribution in [0.25, 0.3) is 11.4 Å². The number of nitrogens with one attached hydrogen (secondary N) is 1. The largest absolute Gasteiger partial charge is 0.497 e. The van der Waals surface area contributed by atoms with Crippen molar-refractivity contribution in [3.05, 3.63) is 53.6 Å². The molecule has 6 nitrogen and oxygen atoms in total. The van der Waals surface area contributed by atoms with E-state index >= 15 is 0 Å². The number of amides is 1. The van der Waals surface area contributed by atoms with Crippen LogP contribution in [0.2, 0.25) is 0 Å². The molecule has 0 spiro atoms. The van der Waals surface area contributed by atoms with E-state index in [0.29, 0.717) is 5.16 Å². The highest BCUT2D eigenvalue weighted by Crippen LogP contribution is 2.25. The summed E-state index contributed by atoms with van der Waals surface area (Å²) in [7, 11) is 3.52. The van der Waals surface area contributed by atoms with Crippen molar-refractivity contribution in [3.63, 3.8) is 0 Å². The van der Waals surface area contributed by atoms with Gasteiger partial charge in [0.05, 0.1) is 12.9 Å². The third-order valence-electron chi connectivity index (χ3n) is 4.16. The predicted molar refractivity (Wildman–Crippen MR) is 108 cm³/mol. The van der Waals surface area contributed by atoms with Crippen molar-refractivity contribution < 1.29 is 9.53 Å². The number of rotatable bonds is 6. The van der Waals surface area contributed by atoms with Gasteiger partial charge in [-0.15, -0.1) is 10.2 Å². The SMILES string of the molecule is COc1cccc(-c2nnc(SCC(=O)Nc3cc(C)ccc3C)n2C)c1. The zero-order valence-corrected chi connectivity index (χ0v) is 16.6. The molecular formula is C20H22N4O2S. The number of aromatic nitrogens is 3. The van der Waals surface area contributed by atoms with Crippen molar-refractivity contribution in [2.24, 2.45) is 7.05 Å². The van der Waals surface area contributed by atoms with Crippen LogP contribution in [0.5, 0.6) is 5.75 Å². The van der Waals surface area contributed by atoms with E-state index in [-0.39, 0.29) is 11.7 Å². The second-order valence-electron chi connectivity index (χ2n) is 6.25. The monoisotopic (exact) mass is 382 g/mol. The number of benzene rings is 2. The number of methoxy groups -OCH3 is 1. The zero-order chi connectivity index (χ0) is 19.4. The molecule has 0 atom stereocenters. The first-order valence-corrected chi connectivity index (χ1v) is 9.50. The summed E-state index contributed by atoms with van der Waals surface area (Å²) in [5.41, 5.74) is 3.91. The van der Waals surface area contributed by atoms with Gasteiger partial charge in [-0.05, 0) is 43.2 Å². The van der Waals surface area contributed by atoms with Crippen LogP contribution in [0.1, 0.15) is 11.1 Å². The minimum Gasteiger partial charge on any atom is -0.497 e. The summed E-state index contributed by atoms with van der Waals surface area (Å²) in [5.74, 6) is 1.68. The Bertz CT molecular complexity index is 968. The lowest BCUT2D eigenvalue weighted by atomic mass is 10.1. The Morgan fingerprint density at radius 1 is 1.19 bits per heavy atom. The van der Waals surface area contributed by atoms with Crippen LogP contribution in [0.4, 0.5) is 5.69 Å². The Morgan fingerprint density at radius 2 is 2.00 bits per heavy atom. The lowest BCUT2D eigenvalue weighted by Crippen LogP contribution is -2.15. The first-order valence-electron chi connectivity index (χ1n) is 8.51. The number of ether oxygens (including phenoxy) is 1. The van der Waals surface area contributed by atoms with Gasteiger partial charge in [-0.1, -0.05) is 36.0 Å². The fourth-order valence-electron chi connectivity index (χ4n) is 2.64. The fourth-order valence-corrected chi connectivity index (χ4v) is 3.35. The quantitative estimate of drug-likeness (QED) is 0.656. The molecular weight excluding hydrogens is 360 g/mol. The van der Waals surface area contributed by atoms with Gasteiger partial charge < -0.3 is 14.6 Å². The highest BCUT2D eigenvalue weighted by atomic mass is 32.2. The molecule has 0 saturated carbocycles. The van der Waals surface area contributed by atoms with E-state index < -0.39 is 0 Å². The van der Waals surface area contributed by atoms with Crippen molar-refractivity contribution in [1.82, 2.24) is 14.8 Å². The lowest BCUT2D eigenvalue weighted by Gasteiger charge is -2.09. The van der Waals surface area contributed by atoms with Crippen LogP contribution in [0.15, 0.2) is 47.6 Å². The van der Waals surface area contributed by atoms with E-state index in [1.54, 1.807) is 7.11 Å². The molecule has 1 heterocycles. The standard InChI is InChI=1S/C20H22N4O2S/c1-13-8-9-14(2)17(10-13)21-18(25)12-27-20-23-22-19(24(20)3)15-6-5-7-16(11-15)26-4/h5-11H,12H2,1-4H3,(H,21,25). The van der Waals surface area contributed by atoms with Gasteiger partial charge in [-0.2, -0.15) is 0 Å². The first kappa shape index (κ1) is 19.0. The van der Waals surface area contributed by atoms with E-state index in [1.165, 1.54) is 11.8 Å². The average Bonchev–Trinajstić information content (AvgIpc) is 3.03. The molecule has 3 rings (SSSR count). The van der Waals surface area contributed by atoms with Gasteiger partial charge >= 0.3 is 0 Å². The van der Waals surface area contributed by atoms with Crippen LogP contribution in [0, 0.1) is 13.8 Å². The number of thioether (sulfide) groups is 1. The normalized spacial score (nSPS) is 10.7. The summed E-state index contributed by atoms with van der Waals surface area (Å²) >= 11 is 1.36. The Kier molecular flexibility index (Phi) is 5.81. The summed E-state index contributed by atoms with van der Waals surface area (Å²) in [4.78, 5) is 12.3. The number of anilines is 1. The second kappa shape index (κ2) is 8.26. The van der Waals surface area contributed by atoms with Gasteiger partial charge in [-0.3, -0.25) is 4.79 Å². The topological polar surface area (TPSA) is 69.0 Å². The van der Waals surface area contributed by atoms with Gasteiger partial charge in [0.1, 0.15) is 5.75 Å². The third-order valence-corrected chi connectivity index (χ3v) is 5.18. The molecule has 3 aromatic rings. The maximum absolute atomic E-state index is 12.3. The molecule has 7 heteroatoms. The smallest absolute Gasteiger partial charge is 0.234 e. The molecule has 1 amide bonds. The summed E-state index contributed by atoms with van der Waals surface area (Å²) in [6.07, 6.45) is 0. The van der Waals surface area contributed by atoms with E-state index in [9.17, 15) is 4.79 Å². The number of carbonyl (C=O) groups excluding carboxylic acids is 1. The lowest BCUT2D eigenvalue weighted by molar-refractivity contribution is -0.113. The molecule has 0 saturated heterocycles. The Morgan fingerprint density at radius 3 is 2.78 bits per heavy atom. The maximum Gasteiger partial charge on any atom is 0.234 e. The van der Waals surface area contributed by atoms with Gasteiger partial charge in [0.25, 0.3) is 0 Å². The van der Waals surface area contributed by atoms with Crippen molar-refractivity contribution in [3.8, 4) is 17.1 Å². The molecule has 0 bridgehead atoms. The molecule has 2 aromatic carbocycles. The zero-order valence-electron chi connectivity index (χ0n) is 15.8. The Labute approximate surface area is 163 Å². The van der Waals surface area contributed by atoms with Gasteiger partial charge in [-0.25, -0.2) is 0 Å². The molecule has 1 aromatic heterocycles. The molecule has 0 aliphatic heterocycles. The van der Waals surface area contributed by atoms with E-state index in [4.69, 9.17) is 4.74 Å². The van der Waals surface area contributed by atoms with Gasteiger partial charge in [0.2, 0.25) is 5.91 Å². The van der Waals surface area contributed by atoms with Crippen LogP contribution >= 0.6 is 11.8 Å². The predicted octanol–water partition coefficient (Wildman–Crippen LogP) is 3.84. The van der Waals surface area contributed by atoms with Crippen LogP contribution in [0.3, 0.4) is 0 Å². The number of hydrogen-bond acceptors (Lipinski definition) is 5. The number of aryl methyl sites for hydroxylation is 2. The fraction of sp³-hybridized carbons (Fsp3) is 0.250. The minimum atomic E-state index is -0.0698. The average molecular weight is 382 g/mol. The Balaban J connectivity index is 1.67. The summed E-state index contributed by atoms with van der Waals surface area (Å²) in [5, 5.41) is 12.1. The van der Waals surface area contributed by atoms with E-state index in [0.717, 1.165) is 34.0 Å². The van der Waals surface area contributed by atoms with Crippen molar-refractivity contribution in [2.75, 3.05) is 18.2 Å². The minimum absolute atomic E-state index is 0.0698. The van der Waals surface area contributed by atoms with Crippen molar-refractivity contribution in [1.29, 1.82) is 0 Å². The molecule has 0 aliphatic carbocycles. The van der Waals surface area contributed by atoms with E-state index in [2.05, 4.69) is 15.5 Å². The molecule has 0 fully saturated rings. The summed E-state index contributed by atoms with van der Waals surface area (Å²) < 4.78 is 7.14. The molecule has 140 valence electrons. The number of nitrogens with zero attached hydrogens (tertiary/aromatic N) is 3. The Hall–Kier alpha value is -2.80. The number of carbonyl (C=O) groups is 1. The summed E-state index contributed by atoms with van der Waals surface area (Å²) in [6, 6.07) is 13.7. The van der Waals surface area contributed by atoms with Gasteiger partial charge in [0.15, 0.2) is 11.0 Å².